The number of rotatable bonds is 5. The zero-order valence-corrected chi connectivity index (χ0v) is 16.6. The van der Waals surface area contributed by atoms with Crippen LogP contribution in [0.25, 0.3) is 0 Å². The molecule has 1 aromatic heterocycles. The van der Waals surface area contributed by atoms with E-state index in [1.165, 1.54) is 45.2 Å². The fourth-order valence-electron chi connectivity index (χ4n) is 3.69. The molecule has 2 aromatic rings. The van der Waals surface area contributed by atoms with Crippen LogP contribution in [0, 0.1) is 13.8 Å². The minimum absolute atomic E-state index is 0.309. The molecule has 0 N–H and O–H groups in total. The van der Waals surface area contributed by atoms with Crippen molar-refractivity contribution in [3.63, 3.8) is 0 Å². The zero-order valence-electron chi connectivity index (χ0n) is 16.6. The molecule has 1 saturated heterocycles. The average molecular weight is 368 g/mol. The van der Waals surface area contributed by atoms with Crippen LogP contribution >= 0.6 is 0 Å². The number of likely N-dealkylation sites (tertiary alicyclic amines) is 1. The highest BCUT2D eigenvalue weighted by Gasteiger charge is 2.13. The molecule has 0 amide bonds. The summed E-state index contributed by atoms with van der Waals surface area (Å²) >= 11 is 0. The van der Waals surface area contributed by atoms with E-state index in [1.807, 2.05) is 50.5 Å². The molecule has 0 bridgehead atoms. The summed E-state index contributed by atoms with van der Waals surface area (Å²) in [5.74, 6) is 0.294. The van der Waals surface area contributed by atoms with E-state index in [0.29, 0.717) is 11.3 Å². The van der Waals surface area contributed by atoms with Crippen LogP contribution in [0.4, 0.5) is 0 Å². The third kappa shape index (κ3) is 6.17. The van der Waals surface area contributed by atoms with Gasteiger partial charge in [0.15, 0.2) is 18.9 Å². The first-order chi connectivity index (χ1) is 13.1. The molecule has 0 saturated carbocycles. The Morgan fingerprint density at radius 2 is 1.56 bits per heavy atom. The SMILES string of the molecule is Cc1cc(C)cc(OC(=O)c2cc[n+](CCN3CCCCCCC3)cc2)c1. The third-order valence-corrected chi connectivity index (χ3v) is 5.16. The highest BCUT2D eigenvalue weighted by atomic mass is 16.5. The van der Waals surface area contributed by atoms with Crippen molar-refractivity contribution in [3.8, 4) is 5.75 Å². The maximum absolute atomic E-state index is 12.4. The van der Waals surface area contributed by atoms with E-state index in [2.05, 4.69) is 15.5 Å². The number of hydrogen-bond acceptors (Lipinski definition) is 3. The first-order valence-electron chi connectivity index (χ1n) is 10.1. The van der Waals surface area contributed by atoms with E-state index < -0.39 is 0 Å². The number of ether oxygens (including phenoxy) is 1. The number of aromatic nitrogens is 1. The number of esters is 1. The van der Waals surface area contributed by atoms with Crippen molar-refractivity contribution < 1.29 is 14.1 Å². The highest BCUT2D eigenvalue weighted by Crippen LogP contribution is 2.17. The van der Waals surface area contributed by atoms with E-state index in [-0.39, 0.29) is 5.97 Å². The van der Waals surface area contributed by atoms with Gasteiger partial charge < -0.3 is 4.74 Å². The smallest absolute Gasteiger partial charge is 0.343 e. The molecule has 0 radical (unpaired) electrons. The number of benzene rings is 1. The molecule has 4 nitrogen and oxygen atoms in total. The molecule has 1 aromatic carbocycles. The predicted octanol–water partition coefficient (Wildman–Crippen LogP) is 4.08. The van der Waals surface area contributed by atoms with Crippen molar-refractivity contribution in [2.24, 2.45) is 0 Å². The van der Waals surface area contributed by atoms with Crippen LogP contribution < -0.4 is 9.30 Å². The molecular formula is C23H31N2O2+. The molecule has 0 unspecified atom stereocenters. The summed E-state index contributed by atoms with van der Waals surface area (Å²) in [6, 6.07) is 9.53. The Bertz CT molecular complexity index is 727. The molecular weight excluding hydrogens is 336 g/mol. The minimum atomic E-state index is -0.309. The summed E-state index contributed by atoms with van der Waals surface area (Å²) in [6.07, 6.45) is 10.7. The van der Waals surface area contributed by atoms with Gasteiger partial charge in [-0.3, -0.25) is 4.90 Å². The third-order valence-electron chi connectivity index (χ3n) is 5.16. The first-order valence-corrected chi connectivity index (χ1v) is 10.1. The van der Waals surface area contributed by atoms with Crippen LogP contribution in [0.15, 0.2) is 42.7 Å². The van der Waals surface area contributed by atoms with Gasteiger partial charge in [0.25, 0.3) is 0 Å². The number of nitrogens with zero attached hydrogens (tertiary/aromatic N) is 2. The summed E-state index contributed by atoms with van der Waals surface area (Å²) < 4.78 is 7.67. The number of hydrogen-bond donors (Lipinski definition) is 0. The summed E-state index contributed by atoms with van der Waals surface area (Å²) in [6.45, 7) is 8.44. The summed E-state index contributed by atoms with van der Waals surface area (Å²) in [7, 11) is 0. The monoisotopic (exact) mass is 367 g/mol. The molecule has 3 rings (SSSR count). The molecule has 144 valence electrons. The van der Waals surface area contributed by atoms with Gasteiger partial charge in [0.1, 0.15) is 5.75 Å². The van der Waals surface area contributed by atoms with Crippen molar-refractivity contribution >= 4 is 5.97 Å². The Hall–Kier alpha value is -2.20. The van der Waals surface area contributed by atoms with Gasteiger partial charge in [-0.05, 0) is 63.0 Å². The van der Waals surface area contributed by atoms with Crippen molar-refractivity contribution in [2.75, 3.05) is 19.6 Å². The van der Waals surface area contributed by atoms with Gasteiger partial charge in [0.05, 0.1) is 12.1 Å². The van der Waals surface area contributed by atoms with E-state index in [4.69, 9.17) is 4.74 Å². The van der Waals surface area contributed by atoms with E-state index in [9.17, 15) is 4.79 Å². The fourth-order valence-corrected chi connectivity index (χ4v) is 3.69. The van der Waals surface area contributed by atoms with E-state index in [0.717, 1.165) is 24.2 Å². The van der Waals surface area contributed by atoms with Gasteiger partial charge in [-0.25, -0.2) is 9.36 Å². The molecule has 27 heavy (non-hydrogen) atoms. The topological polar surface area (TPSA) is 33.4 Å². The van der Waals surface area contributed by atoms with Gasteiger partial charge in [0, 0.05) is 12.1 Å². The highest BCUT2D eigenvalue weighted by molar-refractivity contribution is 5.90. The number of aryl methyl sites for hydroxylation is 2. The lowest BCUT2D eigenvalue weighted by molar-refractivity contribution is -0.696. The largest absolute Gasteiger partial charge is 0.423 e. The second-order valence-corrected chi connectivity index (χ2v) is 7.65. The van der Waals surface area contributed by atoms with E-state index >= 15 is 0 Å². The molecule has 2 heterocycles. The van der Waals surface area contributed by atoms with Crippen LogP contribution in [0.5, 0.6) is 5.75 Å². The Labute approximate surface area is 162 Å². The standard InChI is InChI=1S/C23H31N2O2/c1-19-16-20(2)18-22(17-19)27-23(26)21-8-12-25(13-9-21)15-14-24-10-6-4-3-5-7-11-24/h8-9,12-13,16-18H,3-7,10-11,14-15H2,1-2H3/q+1. The van der Waals surface area contributed by atoms with Gasteiger partial charge in [-0.15, -0.1) is 0 Å². The maximum atomic E-state index is 12.4. The van der Waals surface area contributed by atoms with Gasteiger partial charge in [-0.1, -0.05) is 25.3 Å². The van der Waals surface area contributed by atoms with Gasteiger partial charge in [-0.2, -0.15) is 0 Å². The predicted molar refractivity (Wildman–Crippen MR) is 107 cm³/mol. The lowest BCUT2D eigenvalue weighted by Gasteiger charge is -2.22. The van der Waals surface area contributed by atoms with Crippen molar-refractivity contribution in [2.45, 2.75) is 52.5 Å². The average Bonchev–Trinajstić information content (AvgIpc) is 2.60. The van der Waals surface area contributed by atoms with Crippen molar-refractivity contribution in [3.05, 3.63) is 59.4 Å². The molecule has 4 heteroatoms. The number of carbonyl (C=O) groups is 1. The minimum Gasteiger partial charge on any atom is -0.423 e. The summed E-state index contributed by atoms with van der Waals surface area (Å²) in [4.78, 5) is 14.9. The quantitative estimate of drug-likeness (QED) is 0.454. The van der Waals surface area contributed by atoms with Crippen molar-refractivity contribution in [1.82, 2.24) is 4.90 Å². The fraction of sp³-hybridized carbons (Fsp3) is 0.478. The Balaban J connectivity index is 1.53. The summed E-state index contributed by atoms with van der Waals surface area (Å²) in [5.41, 5.74) is 2.76. The first kappa shape index (κ1) is 19.6. The maximum Gasteiger partial charge on any atom is 0.343 e. The molecule has 1 fully saturated rings. The van der Waals surface area contributed by atoms with Crippen LogP contribution in [0.3, 0.4) is 0 Å². The molecule has 1 aliphatic heterocycles. The molecule has 0 atom stereocenters. The van der Waals surface area contributed by atoms with Crippen LogP contribution in [-0.4, -0.2) is 30.5 Å². The zero-order chi connectivity index (χ0) is 19.1. The van der Waals surface area contributed by atoms with Crippen LogP contribution in [-0.2, 0) is 6.54 Å². The second kappa shape index (κ2) is 9.65. The Morgan fingerprint density at radius 1 is 0.963 bits per heavy atom. The van der Waals surface area contributed by atoms with Crippen LogP contribution in [0.1, 0.15) is 53.6 Å². The molecule has 1 aliphatic rings. The normalized spacial score (nSPS) is 15.8. The lowest BCUT2D eigenvalue weighted by atomic mass is 10.1. The molecule has 0 aliphatic carbocycles. The van der Waals surface area contributed by atoms with Gasteiger partial charge >= 0.3 is 5.97 Å². The van der Waals surface area contributed by atoms with Crippen LogP contribution in [0.2, 0.25) is 0 Å². The van der Waals surface area contributed by atoms with Crippen molar-refractivity contribution in [1.29, 1.82) is 0 Å². The second-order valence-electron chi connectivity index (χ2n) is 7.65. The van der Waals surface area contributed by atoms with Gasteiger partial charge in [0.2, 0.25) is 0 Å². The Morgan fingerprint density at radius 3 is 2.19 bits per heavy atom. The van der Waals surface area contributed by atoms with E-state index in [1.54, 1.807) is 0 Å². The Kier molecular flexibility index (Phi) is 6.99. The lowest BCUT2D eigenvalue weighted by Crippen LogP contribution is -2.41. The number of pyridine rings is 1. The molecule has 0 spiro atoms. The summed E-state index contributed by atoms with van der Waals surface area (Å²) in [5, 5.41) is 0. The number of carbonyl (C=O) groups excluding carboxylic acids is 1.